The molecule has 0 unspecified atom stereocenters. The number of rotatable bonds is 2. The zero-order chi connectivity index (χ0) is 13.8. The lowest BCUT2D eigenvalue weighted by Gasteiger charge is -2.20. The summed E-state index contributed by atoms with van der Waals surface area (Å²) in [5.74, 6) is -0.477. The fourth-order valence-corrected chi connectivity index (χ4v) is 1.96. The molecule has 3 amide bonds. The van der Waals surface area contributed by atoms with Gasteiger partial charge in [0, 0.05) is 0 Å². The molecule has 0 saturated heterocycles. The van der Waals surface area contributed by atoms with Crippen molar-refractivity contribution in [2.75, 3.05) is 5.01 Å². The zero-order valence-electron chi connectivity index (χ0n) is 10.0. The standard InChI is InChI=1S/C11H11N5O2S/c1-7-9(19-15-13-7)10(17)14-16(11(12)18)8-5-3-2-4-6-8/h2-6H,1H3,(H2,12,18)(H,14,17). The minimum absolute atomic E-state index is 0.335. The Morgan fingerprint density at radius 3 is 2.53 bits per heavy atom. The van der Waals surface area contributed by atoms with Crippen molar-refractivity contribution in [2.24, 2.45) is 5.73 Å². The molecule has 1 heterocycles. The summed E-state index contributed by atoms with van der Waals surface area (Å²) in [5.41, 5.74) is 8.65. The van der Waals surface area contributed by atoms with E-state index in [1.54, 1.807) is 37.3 Å². The molecule has 7 nitrogen and oxygen atoms in total. The Bertz CT molecular complexity index is 598. The number of hydrogen-bond donors (Lipinski definition) is 2. The van der Waals surface area contributed by atoms with Crippen molar-refractivity contribution < 1.29 is 9.59 Å². The molecule has 8 heteroatoms. The van der Waals surface area contributed by atoms with Crippen LogP contribution in [0.15, 0.2) is 30.3 Å². The number of nitrogens with two attached hydrogens (primary N) is 1. The van der Waals surface area contributed by atoms with Crippen molar-refractivity contribution in [1.29, 1.82) is 0 Å². The van der Waals surface area contributed by atoms with Crippen LogP contribution in [0.1, 0.15) is 15.4 Å². The van der Waals surface area contributed by atoms with Crippen molar-refractivity contribution in [2.45, 2.75) is 6.92 Å². The van der Waals surface area contributed by atoms with E-state index in [2.05, 4.69) is 15.0 Å². The van der Waals surface area contributed by atoms with Gasteiger partial charge in [-0.15, -0.1) is 5.10 Å². The van der Waals surface area contributed by atoms with Crippen molar-refractivity contribution in [3.05, 3.63) is 40.9 Å². The lowest BCUT2D eigenvalue weighted by atomic mass is 10.3. The second-order valence-corrected chi connectivity index (χ2v) is 4.39. The number of anilines is 1. The number of nitrogens with one attached hydrogen (secondary N) is 1. The predicted molar refractivity (Wildman–Crippen MR) is 70.6 cm³/mol. The molecule has 0 radical (unpaired) electrons. The zero-order valence-corrected chi connectivity index (χ0v) is 10.8. The van der Waals surface area contributed by atoms with Gasteiger partial charge in [-0.25, -0.2) is 9.80 Å². The average molecular weight is 277 g/mol. The fraction of sp³-hybridized carbons (Fsp3) is 0.0909. The summed E-state index contributed by atoms with van der Waals surface area (Å²) in [6, 6.07) is 7.79. The van der Waals surface area contributed by atoms with Crippen molar-refractivity contribution in [3.63, 3.8) is 0 Å². The number of carbonyl (C=O) groups is 2. The lowest BCUT2D eigenvalue weighted by Crippen LogP contribution is -2.49. The first-order valence-electron chi connectivity index (χ1n) is 5.34. The van der Waals surface area contributed by atoms with Crippen LogP contribution in [0.25, 0.3) is 0 Å². The number of aryl methyl sites for hydroxylation is 1. The van der Waals surface area contributed by atoms with Crippen LogP contribution in [-0.4, -0.2) is 21.5 Å². The van der Waals surface area contributed by atoms with Gasteiger partial charge in [0.05, 0.1) is 11.4 Å². The number of hydrazine groups is 1. The highest BCUT2D eigenvalue weighted by Crippen LogP contribution is 2.13. The van der Waals surface area contributed by atoms with E-state index >= 15 is 0 Å². The van der Waals surface area contributed by atoms with Crippen LogP contribution >= 0.6 is 11.5 Å². The first kappa shape index (κ1) is 13.0. The summed E-state index contributed by atoms with van der Waals surface area (Å²) in [6.45, 7) is 1.66. The summed E-state index contributed by atoms with van der Waals surface area (Å²) in [4.78, 5) is 23.7. The fourth-order valence-electron chi connectivity index (χ4n) is 1.42. The van der Waals surface area contributed by atoms with E-state index in [0.29, 0.717) is 16.3 Å². The van der Waals surface area contributed by atoms with E-state index in [9.17, 15) is 9.59 Å². The van der Waals surface area contributed by atoms with Gasteiger partial charge in [0.2, 0.25) is 0 Å². The van der Waals surface area contributed by atoms with Crippen LogP contribution in [0.3, 0.4) is 0 Å². The number of benzene rings is 1. The molecule has 0 aliphatic carbocycles. The monoisotopic (exact) mass is 277 g/mol. The number of urea groups is 1. The number of primary amides is 1. The highest BCUT2D eigenvalue weighted by atomic mass is 32.1. The first-order chi connectivity index (χ1) is 9.09. The van der Waals surface area contributed by atoms with E-state index in [1.165, 1.54) is 0 Å². The van der Waals surface area contributed by atoms with E-state index in [4.69, 9.17) is 5.73 Å². The van der Waals surface area contributed by atoms with Gasteiger partial charge in [-0.05, 0) is 30.6 Å². The highest BCUT2D eigenvalue weighted by Gasteiger charge is 2.19. The van der Waals surface area contributed by atoms with Crippen LogP contribution in [0.2, 0.25) is 0 Å². The van der Waals surface area contributed by atoms with Gasteiger partial charge in [0.25, 0.3) is 5.91 Å². The van der Waals surface area contributed by atoms with Gasteiger partial charge >= 0.3 is 6.03 Å². The van der Waals surface area contributed by atoms with Crippen molar-refractivity contribution >= 4 is 29.2 Å². The smallest absolute Gasteiger partial charge is 0.338 e. The molecule has 0 aliphatic rings. The summed E-state index contributed by atoms with van der Waals surface area (Å²) < 4.78 is 3.66. The second kappa shape index (κ2) is 5.44. The molecule has 3 N–H and O–H groups in total. The van der Waals surface area contributed by atoms with Crippen LogP contribution < -0.4 is 16.2 Å². The van der Waals surface area contributed by atoms with Gasteiger partial charge < -0.3 is 5.73 Å². The molecule has 0 atom stereocenters. The summed E-state index contributed by atoms with van der Waals surface area (Å²) in [7, 11) is 0. The number of carbonyl (C=O) groups excluding carboxylic acids is 2. The largest absolute Gasteiger partial charge is 0.350 e. The first-order valence-corrected chi connectivity index (χ1v) is 6.11. The Morgan fingerprint density at radius 1 is 1.32 bits per heavy atom. The molecular weight excluding hydrogens is 266 g/mol. The summed E-state index contributed by atoms with van der Waals surface area (Å²) in [5, 5.41) is 4.71. The SMILES string of the molecule is Cc1nnsc1C(=O)NN(C(N)=O)c1ccccc1. The predicted octanol–water partition coefficient (Wildman–Crippen LogP) is 1.08. The number of hydrogen-bond acceptors (Lipinski definition) is 5. The summed E-state index contributed by atoms with van der Waals surface area (Å²) >= 11 is 0.955. The average Bonchev–Trinajstić information content (AvgIpc) is 2.82. The van der Waals surface area contributed by atoms with Crippen LogP contribution in [0.5, 0.6) is 0 Å². The number of aromatic nitrogens is 2. The van der Waals surface area contributed by atoms with Crippen molar-refractivity contribution in [3.8, 4) is 0 Å². The third-order valence-corrected chi connectivity index (χ3v) is 3.13. The van der Waals surface area contributed by atoms with Gasteiger partial charge in [0.15, 0.2) is 0 Å². The van der Waals surface area contributed by atoms with E-state index in [1.807, 2.05) is 0 Å². The Labute approximate surface area is 113 Å². The quantitative estimate of drug-likeness (QED) is 0.802. The molecule has 0 saturated carbocycles. The maximum atomic E-state index is 12.0. The second-order valence-electron chi connectivity index (χ2n) is 3.64. The normalized spacial score (nSPS) is 9.95. The van der Waals surface area contributed by atoms with Gasteiger partial charge in [-0.3, -0.25) is 10.2 Å². The molecule has 0 spiro atoms. The minimum atomic E-state index is -0.783. The summed E-state index contributed by atoms with van der Waals surface area (Å²) in [6.07, 6.45) is 0. The Hall–Kier alpha value is -2.48. The molecule has 2 rings (SSSR count). The molecule has 0 fully saturated rings. The molecular formula is C11H11N5O2S. The maximum Gasteiger partial charge on any atom is 0.338 e. The third-order valence-electron chi connectivity index (χ3n) is 2.31. The highest BCUT2D eigenvalue weighted by molar-refractivity contribution is 7.08. The van der Waals surface area contributed by atoms with E-state index in [-0.39, 0.29) is 0 Å². The lowest BCUT2D eigenvalue weighted by molar-refractivity contribution is 0.0954. The number of amides is 3. The topological polar surface area (TPSA) is 101 Å². The van der Waals surface area contributed by atoms with Crippen LogP contribution in [0, 0.1) is 6.92 Å². The Balaban J connectivity index is 2.21. The molecule has 1 aromatic heterocycles. The number of nitrogens with zero attached hydrogens (tertiary/aromatic N) is 3. The Morgan fingerprint density at radius 2 is 2.00 bits per heavy atom. The molecule has 19 heavy (non-hydrogen) atoms. The molecule has 2 aromatic rings. The molecule has 1 aromatic carbocycles. The van der Waals surface area contributed by atoms with Crippen LogP contribution in [-0.2, 0) is 0 Å². The van der Waals surface area contributed by atoms with Gasteiger partial charge in [-0.1, -0.05) is 22.7 Å². The molecule has 0 bridgehead atoms. The molecule has 98 valence electrons. The van der Waals surface area contributed by atoms with Gasteiger partial charge in [-0.2, -0.15) is 0 Å². The van der Waals surface area contributed by atoms with Crippen molar-refractivity contribution in [1.82, 2.24) is 15.0 Å². The van der Waals surface area contributed by atoms with E-state index in [0.717, 1.165) is 16.5 Å². The van der Waals surface area contributed by atoms with Crippen LogP contribution in [0.4, 0.5) is 10.5 Å². The van der Waals surface area contributed by atoms with Gasteiger partial charge in [0.1, 0.15) is 4.88 Å². The Kier molecular flexibility index (Phi) is 3.71. The third kappa shape index (κ3) is 2.86. The molecule has 0 aliphatic heterocycles. The maximum absolute atomic E-state index is 12.0. The number of para-hydroxylation sites is 1. The minimum Gasteiger partial charge on any atom is -0.350 e. The van der Waals surface area contributed by atoms with E-state index < -0.39 is 11.9 Å².